The van der Waals surface area contributed by atoms with Gasteiger partial charge in [-0.05, 0) is 64.7 Å². The molecule has 0 fully saturated rings. The molecule has 63 heavy (non-hydrogen) atoms. The molecule has 0 aliphatic carbocycles. The maximum absolute atomic E-state index is 6.54. The van der Waals surface area contributed by atoms with Gasteiger partial charge in [0.25, 0.3) is 0 Å². The summed E-state index contributed by atoms with van der Waals surface area (Å²) >= 11 is 0. The number of rotatable bonds is 6. The molecule has 0 unspecified atom stereocenters. The van der Waals surface area contributed by atoms with Crippen LogP contribution in [0.25, 0.3) is 122 Å². The number of para-hydroxylation sites is 1. The van der Waals surface area contributed by atoms with E-state index in [0.717, 1.165) is 99.1 Å². The van der Waals surface area contributed by atoms with Crippen LogP contribution in [0.4, 0.5) is 0 Å². The third kappa shape index (κ3) is 5.55. The van der Waals surface area contributed by atoms with Crippen molar-refractivity contribution in [2.24, 2.45) is 0 Å². The second-order valence-electron chi connectivity index (χ2n) is 16.0. The summed E-state index contributed by atoms with van der Waals surface area (Å²) in [5, 5.41) is 6.58. The minimum atomic E-state index is 0.538. The summed E-state index contributed by atoms with van der Waals surface area (Å²) in [4.78, 5) is 15.8. The van der Waals surface area contributed by atoms with Crippen LogP contribution < -0.4 is 0 Å². The molecule has 0 atom stereocenters. The van der Waals surface area contributed by atoms with Crippen molar-refractivity contribution in [1.82, 2.24) is 24.1 Å². The first-order valence-corrected chi connectivity index (χ1v) is 21.2. The lowest BCUT2D eigenvalue weighted by molar-refractivity contribution is 0.669. The van der Waals surface area contributed by atoms with E-state index in [2.05, 4.69) is 173 Å². The number of benzene rings is 9. The van der Waals surface area contributed by atoms with Crippen molar-refractivity contribution in [3.63, 3.8) is 0 Å². The highest BCUT2D eigenvalue weighted by Crippen LogP contribution is 2.45. The molecule has 0 saturated carbocycles. The maximum Gasteiger partial charge on any atom is 0.238 e. The summed E-state index contributed by atoms with van der Waals surface area (Å²) in [5.41, 5.74) is 13.3. The van der Waals surface area contributed by atoms with E-state index in [-0.39, 0.29) is 0 Å². The molecule has 4 heterocycles. The van der Waals surface area contributed by atoms with Gasteiger partial charge in [-0.15, -0.1) is 0 Å². The molecule has 13 aromatic rings. The Morgan fingerprint density at radius 1 is 0.317 bits per heavy atom. The number of aromatic nitrogens is 5. The molecule has 9 aromatic carbocycles. The van der Waals surface area contributed by atoms with Crippen LogP contribution in [0.3, 0.4) is 0 Å². The fourth-order valence-electron chi connectivity index (χ4n) is 9.52. The van der Waals surface area contributed by atoms with Crippen LogP contribution in [0.2, 0.25) is 0 Å². The van der Waals surface area contributed by atoms with Gasteiger partial charge in [0.05, 0.1) is 33.1 Å². The summed E-state index contributed by atoms with van der Waals surface area (Å²) < 4.78 is 11.2. The molecule has 0 N–H and O–H groups in total. The van der Waals surface area contributed by atoms with Gasteiger partial charge in [0.2, 0.25) is 5.95 Å². The van der Waals surface area contributed by atoms with E-state index in [1.807, 2.05) is 48.5 Å². The zero-order chi connectivity index (χ0) is 41.4. The number of fused-ring (bicyclic) bond motifs is 10. The molecule has 0 spiro atoms. The zero-order valence-electron chi connectivity index (χ0n) is 33.9. The molecule has 6 nitrogen and oxygen atoms in total. The minimum Gasteiger partial charge on any atom is -0.456 e. The number of nitrogens with zero attached hydrogens (tertiary/aromatic N) is 5. The third-order valence-electron chi connectivity index (χ3n) is 12.4. The Morgan fingerprint density at radius 2 is 0.794 bits per heavy atom. The van der Waals surface area contributed by atoms with Crippen molar-refractivity contribution < 1.29 is 4.42 Å². The molecule has 0 saturated heterocycles. The average molecular weight is 806 g/mol. The third-order valence-corrected chi connectivity index (χ3v) is 12.4. The molecule has 0 aliphatic rings. The van der Waals surface area contributed by atoms with Gasteiger partial charge in [0.1, 0.15) is 11.2 Å². The molecule has 0 amide bonds. The fraction of sp³-hybridized carbons (Fsp3) is 0. The van der Waals surface area contributed by atoms with E-state index in [1.54, 1.807) is 0 Å². The van der Waals surface area contributed by atoms with Crippen molar-refractivity contribution in [2.75, 3.05) is 0 Å². The molecule has 0 bridgehead atoms. The van der Waals surface area contributed by atoms with Crippen molar-refractivity contribution in [3.05, 3.63) is 212 Å². The van der Waals surface area contributed by atoms with E-state index in [4.69, 9.17) is 19.4 Å². The van der Waals surface area contributed by atoms with Crippen LogP contribution >= 0.6 is 0 Å². The Labute approximate surface area is 361 Å². The van der Waals surface area contributed by atoms with Crippen LogP contribution in [-0.4, -0.2) is 24.1 Å². The molecule has 4 aromatic heterocycles. The van der Waals surface area contributed by atoms with Crippen molar-refractivity contribution in [2.45, 2.75) is 0 Å². The van der Waals surface area contributed by atoms with E-state index in [1.165, 1.54) is 5.56 Å². The monoisotopic (exact) mass is 805 g/mol. The topological polar surface area (TPSA) is 61.7 Å². The summed E-state index contributed by atoms with van der Waals surface area (Å²) in [5.74, 6) is 1.74. The Kier molecular flexibility index (Phi) is 7.80. The SMILES string of the molecule is c1ccc(-c2ccc3c(c2)c2ccc4c5cc(-c6ccccc6)ccc5n(-c5cccc6oc7ccccc7c56)c4c2n3-c2nc(-c3ccccc3)nc(-c3ccccc3)n2)cc1. The number of furan rings is 1. The highest BCUT2D eigenvalue weighted by atomic mass is 16.3. The largest absolute Gasteiger partial charge is 0.456 e. The lowest BCUT2D eigenvalue weighted by Crippen LogP contribution is -2.07. The minimum absolute atomic E-state index is 0.538. The van der Waals surface area contributed by atoms with E-state index in [0.29, 0.717) is 17.6 Å². The second-order valence-corrected chi connectivity index (χ2v) is 16.0. The van der Waals surface area contributed by atoms with Crippen LogP contribution in [-0.2, 0) is 0 Å². The smallest absolute Gasteiger partial charge is 0.238 e. The van der Waals surface area contributed by atoms with Gasteiger partial charge >= 0.3 is 0 Å². The van der Waals surface area contributed by atoms with Crippen LogP contribution in [0.15, 0.2) is 217 Å². The Hall–Kier alpha value is -8.61. The lowest BCUT2D eigenvalue weighted by atomic mass is 10.0. The molecular formula is C57H35N5O. The molecule has 6 heteroatoms. The summed E-state index contributed by atoms with van der Waals surface area (Å²) in [6.45, 7) is 0. The van der Waals surface area contributed by atoms with Crippen LogP contribution in [0.1, 0.15) is 0 Å². The molecule has 0 aliphatic heterocycles. The van der Waals surface area contributed by atoms with Gasteiger partial charge in [-0.1, -0.05) is 170 Å². The summed E-state index contributed by atoms with van der Waals surface area (Å²) in [6.07, 6.45) is 0. The number of hydrogen-bond donors (Lipinski definition) is 0. The Balaban J connectivity index is 1.23. The summed E-state index contributed by atoms with van der Waals surface area (Å²) in [7, 11) is 0. The number of hydrogen-bond acceptors (Lipinski definition) is 4. The fourth-order valence-corrected chi connectivity index (χ4v) is 9.52. The predicted molar refractivity (Wildman–Crippen MR) is 258 cm³/mol. The predicted octanol–water partition coefficient (Wildman–Crippen LogP) is 14.6. The van der Waals surface area contributed by atoms with Crippen LogP contribution in [0, 0.1) is 0 Å². The molecule has 0 radical (unpaired) electrons. The highest BCUT2D eigenvalue weighted by Gasteiger charge is 2.26. The summed E-state index contributed by atoms with van der Waals surface area (Å²) in [6, 6.07) is 74.5. The van der Waals surface area contributed by atoms with Gasteiger partial charge in [0, 0.05) is 38.1 Å². The van der Waals surface area contributed by atoms with Crippen molar-refractivity contribution in [3.8, 4) is 56.7 Å². The van der Waals surface area contributed by atoms with Gasteiger partial charge in [-0.25, -0.2) is 4.98 Å². The van der Waals surface area contributed by atoms with Crippen molar-refractivity contribution >= 4 is 65.6 Å². The Bertz CT molecular complexity index is 3830. The second kappa shape index (κ2) is 14.0. The van der Waals surface area contributed by atoms with Crippen LogP contribution in [0.5, 0.6) is 0 Å². The van der Waals surface area contributed by atoms with Gasteiger partial charge < -0.3 is 8.98 Å². The van der Waals surface area contributed by atoms with Gasteiger partial charge in [0.15, 0.2) is 11.6 Å². The molecule has 294 valence electrons. The van der Waals surface area contributed by atoms with E-state index in [9.17, 15) is 0 Å². The normalized spacial score (nSPS) is 11.8. The quantitative estimate of drug-likeness (QED) is 0.168. The first kappa shape index (κ1) is 35.2. The van der Waals surface area contributed by atoms with Crippen molar-refractivity contribution in [1.29, 1.82) is 0 Å². The molecular weight excluding hydrogens is 771 g/mol. The Morgan fingerprint density at radius 3 is 1.37 bits per heavy atom. The lowest BCUT2D eigenvalue weighted by Gasteiger charge is -2.14. The zero-order valence-corrected chi connectivity index (χ0v) is 33.9. The maximum atomic E-state index is 6.54. The van der Waals surface area contributed by atoms with Gasteiger partial charge in [-0.2, -0.15) is 9.97 Å². The first-order chi connectivity index (χ1) is 31.2. The van der Waals surface area contributed by atoms with Gasteiger partial charge in [-0.3, -0.25) is 4.57 Å². The van der Waals surface area contributed by atoms with E-state index >= 15 is 0 Å². The van der Waals surface area contributed by atoms with E-state index < -0.39 is 0 Å². The average Bonchev–Trinajstić information content (AvgIpc) is 4.02. The molecule has 13 rings (SSSR count). The standard InChI is InChI=1S/C57H35N5O/c1-5-16-36(17-6-1)40-28-32-47-45(34-40)42-30-31-43-46-35-41(37-18-7-2-8-19-37)29-33-48(46)62(57-59-55(38-20-9-3-10-21-38)58-56(60-57)39-22-11-4-12-23-39)54(43)53(42)61(47)49-25-15-27-51-52(49)44-24-13-14-26-50(44)63-51/h1-35H. The first-order valence-electron chi connectivity index (χ1n) is 21.2. The highest BCUT2D eigenvalue weighted by molar-refractivity contribution is 6.25.